The van der Waals surface area contributed by atoms with Crippen LogP contribution in [0.4, 0.5) is 0 Å². The van der Waals surface area contributed by atoms with Gasteiger partial charge in [0, 0.05) is 12.8 Å². The summed E-state index contributed by atoms with van der Waals surface area (Å²) in [6, 6.07) is 0. The first-order chi connectivity index (χ1) is 36.6. The third-order valence-electron chi connectivity index (χ3n) is 12.9. The largest absolute Gasteiger partial charge is 0.462 e. The number of carbonyl (C=O) groups is 2. The SMILES string of the molecule is CC/C=C\C/C=C\C/C=C\C/C=C\C/C=C\C/C=C\C/C=C\C/C=C\C/C=C\CCCCCCCC(=O)OC(CO)COC(=O)CCCCCCCCCCCCCCCCC/C=C\C/C=C\CCCCCCC. The second-order valence-corrected chi connectivity index (χ2v) is 20.0. The molecular weight excluding hydrogens is 909 g/mol. The second-order valence-electron chi connectivity index (χ2n) is 20.0. The molecule has 0 aliphatic carbocycles. The summed E-state index contributed by atoms with van der Waals surface area (Å²) in [5.41, 5.74) is 0. The lowest BCUT2D eigenvalue weighted by molar-refractivity contribution is -0.161. The van der Waals surface area contributed by atoms with Crippen LogP contribution in [-0.2, 0) is 19.1 Å². The molecule has 0 heterocycles. The van der Waals surface area contributed by atoms with Gasteiger partial charge in [0.25, 0.3) is 0 Å². The van der Waals surface area contributed by atoms with Crippen molar-refractivity contribution in [3.8, 4) is 0 Å². The van der Waals surface area contributed by atoms with Gasteiger partial charge in [-0.2, -0.15) is 0 Å². The van der Waals surface area contributed by atoms with Crippen molar-refractivity contribution in [2.24, 2.45) is 0 Å². The molecule has 0 saturated carbocycles. The monoisotopic (exact) mass is 1020 g/mol. The number of aliphatic hydroxyl groups excluding tert-OH is 1. The molecule has 0 aromatic heterocycles. The summed E-state index contributed by atoms with van der Waals surface area (Å²) in [6.07, 6.45) is 94.3. The zero-order valence-electron chi connectivity index (χ0n) is 48.1. The van der Waals surface area contributed by atoms with E-state index in [0.717, 1.165) is 122 Å². The van der Waals surface area contributed by atoms with Gasteiger partial charge in [0.2, 0.25) is 0 Å². The van der Waals surface area contributed by atoms with Crippen molar-refractivity contribution in [1.82, 2.24) is 0 Å². The average molecular weight is 1020 g/mol. The molecule has 5 nitrogen and oxygen atoms in total. The average Bonchev–Trinajstić information content (AvgIpc) is 3.40. The summed E-state index contributed by atoms with van der Waals surface area (Å²) < 4.78 is 10.7. The van der Waals surface area contributed by atoms with Crippen LogP contribution >= 0.6 is 0 Å². The van der Waals surface area contributed by atoms with Gasteiger partial charge in [0.05, 0.1) is 6.61 Å². The van der Waals surface area contributed by atoms with Gasteiger partial charge in [0.1, 0.15) is 6.61 Å². The molecule has 0 radical (unpaired) electrons. The Balaban J connectivity index is 3.59. The topological polar surface area (TPSA) is 72.8 Å². The zero-order valence-corrected chi connectivity index (χ0v) is 48.1. The predicted octanol–water partition coefficient (Wildman–Crippen LogP) is 21.2. The maximum Gasteiger partial charge on any atom is 0.306 e. The van der Waals surface area contributed by atoms with Crippen molar-refractivity contribution in [2.45, 2.75) is 277 Å². The van der Waals surface area contributed by atoms with Gasteiger partial charge in [-0.15, -0.1) is 0 Å². The third kappa shape index (κ3) is 60.6. The van der Waals surface area contributed by atoms with E-state index in [-0.39, 0.29) is 25.2 Å². The molecule has 0 aromatic rings. The van der Waals surface area contributed by atoms with Crippen LogP contribution in [0.15, 0.2) is 134 Å². The summed E-state index contributed by atoms with van der Waals surface area (Å²) in [5.74, 6) is -0.615. The molecule has 420 valence electrons. The number of hydrogen-bond acceptors (Lipinski definition) is 5. The molecule has 0 bridgehead atoms. The molecule has 0 spiro atoms. The fourth-order valence-corrected chi connectivity index (χ4v) is 8.34. The van der Waals surface area contributed by atoms with Crippen molar-refractivity contribution in [3.63, 3.8) is 0 Å². The molecule has 0 aliphatic rings. The highest BCUT2D eigenvalue weighted by Gasteiger charge is 2.16. The van der Waals surface area contributed by atoms with Crippen LogP contribution in [0.1, 0.15) is 271 Å². The van der Waals surface area contributed by atoms with Gasteiger partial charge >= 0.3 is 11.9 Å². The lowest BCUT2D eigenvalue weighted by atomic mass is 10.0. The van der Waals surface area contributed by atoms with E-state index in [1.165, 1.54) is 122 Å². The number of allylic oxidation sites excluding steroid dienone is 22. The van der Waals surface area contributed by atoms with Crippen molar-refractivity contribution < 1.29 is 24.2 Å². The van der Waals surface area contributed by atoms with Crippen molar-refractivity contribution in [1.29, 1.82) is 0 Å². The van der Waals surface area contributed by atoms with Crippen LogP contribution < -0.4 is 0 Å². The van der Waals surface area contributed by atoms with Crippen LogP contribution in [-0.4, -0.2) is 36.4 Å². The molecule has 1 unspecified atom stereocenters. The molecule has 1 atom stereocenters. The minimum absolute atomic E-state index is 0.0806. The lowest BCUT2D eigenvalue weighted by Crippen LogP contribution is -2.28. The van der Waals surface area contributed by atoms with Crippen molar-refractivity contribution in [2.75, 3.05) is 13.2 Å². The maximum atomic E-state index is 12.3. The zero-order chi connectivity index (χ0) is 53.4. The highest BCUT2D eigenvalue weighted by molar-refractivity contribution is 5.70. The Bertz CT molecular complexity index is 1530. The van der Waals surface area contributed by atoms with Gasteiger partial charge in [-0.05, 0) is 116 Å². The second kappa shape index (κ2) is 63.3. The molecule has 0 fully saturated rings. The summed E-state index contributed by atoms with van der Waals surface area (Å²) in [6.45, 7) is 4.01. The number of rotatable bonds is 55. The van der Waals surface area contributed by atoms with Crippen LogP contribution in [0.5, 0.6) is 0 Å². The first kappa shape index (κ1) is 70.0. The fraction of sp³-hybridized carbons (Fsp3) is 0.652. The Morgan fingerprint density at radius 3 is 0.878 bits per heavy atom. The highest BCUT2D eigenvalue weighted by atomic mass is 16.6. The summed E-state index contributed by atoms with van der Waals surface area (Å²) in [4.78, 5) is 24.6. The van der Waals surface area contributed by atoms with Gasteiger partial charge in [0.15, 0.2) is 6.10 Å². The Morgan fingerprint density at radius 2 is 0.581 bits per heavy atom. The summed E-state index contributed by atoms with van der Waals surface area (Å²) >= 11 is 0. The van der Waals surface area contributed by atoms with Crippen LogP contribution in [0.25, 0.3) is 0 Å². The quantitative estimate of drug-likeness (QED) is 0.0373. The normalized spacial score (nSPS) is 13.2. The number of hydrogen-bond donors (Lipinski definition) is 1. The summed E-state index contributed by atoms with van der Waals surface area (Å²) in [5, 5.41) is 9.67. The summed E-state index contributed by atoms with van der Waals surface area (Å²) in [7, 11) is 0. The van der Waals surface area contributed by atoms with E-state index in [0.29, 0.717) is 12.8 Å². The Kier molecular flexibility index (Phi) is 59.9. The Labute approximate surface area is 457 Å². The van der Waals surface area contributed by atoms with Crippen molar-refractivity contribution >= 4 is 11.9 Å². The van der Waals surface area contributed by atoms with Crippen molar-refractivity contribution in [3.05, 3.63) is 134 Å². The number of ether oxygens (including phenoxy) is 2. The Hall–Kier alpha value is -3.96. The van der Waals surface area contributed by atoms with E-state index in [1.807, 2.05) is 0 Å². The number of aliphatic hydroxyl groups is 1. The van der Waals surface area contributed by atoms with Crippen LogP contribution in [0, 0.1) is 0 Å². The molecule has 0 saturated heterocycles. The van der Waals surface area contributed by atoms with Gasteiger partial charge in [-0.1, -0.05) is 276 Å². The molecule has 0 aromatic carbocycles. The van der Waals surface area contributed by atoms with E-state index < -0.39 is 6.10 Å². The van der Waals surface area contributed by atoms with Gasteiger partial charge < -0.3 is 14.6 Å². The van der Waals surface area contributed by atoms with E-state index in [2.05, 4.69) is 148 Å². The first-order valence-corrected chi connectivity index (χ1v) is 30.7. The molecule has 0 aliphatic heterocycles. The smallest absolute Gasteiger partial charge is 0.306 e. The Morgan fingerprint density at radius 1 is 0.324 bits per heavy atom. The molecule has 74 heavy (non-hydrogen) atoms. The minimum Gasteiger partial charge on any atom is -0.462 e. The predicted molar refractivity (Wildman–Crippen MR) is 324 cm³/mol. The fourth-order valence-electron chi connectivity index (χ4n) is 8.34. The molecular formula is C69H114O5. The molecule has 5 heteroatoms. The molecule has 1 N–H and O–H groups in total. The first-order valence-electron chi connectivity index (χ1n) is 30.7. The van der Waals surface area contributed by atoms with E-state index in [4.69, 9.17) is 9.47 Å². The maximum absolute atomic E-state index is 12.3. The lowest BCUT2D eigenvalue weighted by Gasteiger charge is -2.15. The van der Waals surface area contributed by atoms with Gasteiger partial charge in [-0.3, -0.25) is 9.59 Å². The van der Waals surface area contributed by atoms with Gasteiger partial charge in [-0.25, -0.2) is 0 Å². The van der Waals surface area contributed by atoms with E-state index in [1.54, 1.807) is 0 Å². The third-order valence-corrected chi connectivity index (χ3v) is 12.9. The number of esters is 2. The number of carbonyl (C=O) groups excluding carboxylic acids is 2. The standard InChI is InChI=1S/C69H114O5/c1-3-5-7-9-11-13-15-17-19-21-23-25-27-29-31-32-33-34-35-36-38-40-42-44-46-48-50-52-54-56-58-60-62-64-69(72)74-67(65-70)66-73-68(71)63-61-59-57-55-53-51-49-47-45-43-41-39-37-30-28-26-24-22-20-18-16-14-12-10-8-6-4-2/h5,7,11,13,16-19,22-25,29,31,33-34,36,38,42,44,48,50,67,70H,3-4,6,8-10,12,14-15,20-21,26-28,30,32,35,37,39-41,43,45-47,49,51-66H2,1-2H3/b7-5-,13-11-,18-16-,19-17-,24-22-,25-23-,31-29-,34-33-,38-36-,44-42-,50-48-. The van der Waals surface area contributed by atoms with E-state index in [9.17, 15) is 14.7 Å². The molecule has 0 rings (SSSR count). The number of unbranched alkanes of at least 4 members (excludes halogenated alkanes) is 25. The van der Waals surface area contributed by atoms with E-state index >= 15 is 0 Å². The highest BCUT2D eigenvalue weighted by Crippen LogP contribution is 2.15. The van der Waals surface area contributed by atoms with Crippen LogP contribution in [0.3, 0.4) is 0 Å². The van der Waals surface area contributed by atoms with Crippen LogP contribution in [0.2, 0.25) is 0 Å². The molecule has 0 amide bonds. The minimum atomic E-state index is -0.793.